The monoisotopic (exact) mass is 444 g/mol. The summed E-state index contributed by atoms with van der Waals surface area (Å²) in [7, 11) is 0. The summed E-state index contributed by atoms with van der Waals surface area (Å²) in [4.78, 5) is 0. The molecule has 0 aromatic carbocycles. The van der Waals surface area contributed by atoms with Crippen molar-refractivity contribution in [3.8, 4) is 0 Å². The minimum atomic E-state index is -1.02. The van der Waals surface area contributed by atoms with Gasteiger partial charge in [0.2, 0.25) is 0 Å². The molecule has 2 atom stereocenters. The van der Waals surface area contributed by atoms with Gasteiger partial charge in [0.1, 0.15) is 0 Å². The second-order valence-corrected chi connectivity index (χ2v) is 10.3. The van der Waals surface area contributed by atoms with Crippen LogP contribution in [0.4, 0.5) is 0 Å². The van der Waals surface area contributed by atoms with Crippen LogP contribution in [0.15, 0.2) is 58.2 Å². The zero-order valence-electron chi connectivity index (χ0n) is 22.4. The van der Waals surface area contributed by atoms with E-state index < -0.39 is 11.7 Å². The van der Waals surface area contributed by atoms with Crippen molar-refractivity contribution in [3.05, 3.63) is 58.2 Å². The molecule has 0 saturated carbocycles. The average molecular weight is 445 g/mol. The molecule has 2 heteroatoms. The number of unbranched alkanes of at least 4 members (excludes halogenated alkanes) is 1. The molecule has 0 aromatic rings. The van der Waals surface area contributed by atoms with E-state index >= 15 is 0 Å². The van der Waals surface area contributed by atoms with Crippen molar-refractivity contribution in [2.24, 2.45) is 0 Å². The first-order valence-electron chi connectivity index (χ1n) is 12.6. The molecular weight excluding hydrogens is 392 g/mol. The number of allylic oxidation sites excluding steroid dienone is 10. The van der Waals surface area contributed by atoms with Crippen molar-refractivity contribution in [2.75, 3.05) is 0 Å². The molecule has 0 amide bonds. The molecule has 0 fully saturated rings. The van der Waals surface area contributed by atoms with Crippen LogP contribution in [-0.2, 0) is 0 Å². The van der Waals surface area contributed by atoms with Crippen LogP contribution in [0.25, 0.3) is 0 Å². The summed E-state index contributed by atoms with van der Waals surface area (Å²) in [6, 6.07) is 0. The van der Waals surface area contributed by atoms with Gasteiger partial charge in [-0.15, -0.1) is 0 Å². The van der Waals surface area contributed by atoms with Gasteiger partial charge in [-0.1, -0.05) is 58.2 Å². The Balaban J connectivity index is 4.22. The van der Waals surface area contributed by atoms with Gasteiger partial charge < -0.3 is 10.2 Å². The number of aliphatic hydroxyl groups excluding tert-OH is 1. The Hall–Kier alpha value is -1.38. The Morgan fingerprint density at radius 3 is 1.53 bits per heavy atom. The van der Waals surface area contributed by atoms with Crippen molar-refractivity contribution in [3.63, 3.8) is 0 Å². The predicted octanol–water partition coefficient (Wildman–Crippen LogP) is 8.77. The second kappa shape index (κ2) is 17.1. The minimum absolute atomic E-state index is 0.594. The van der Waals surface area contributed by atoms with Gasteiger partial charge in [-0.2, -0.15) is 0 Å². The average Bonchev–Trinajstić information content (AvgIpc) is 2.68. The Morgan fingerprint density at radius 2 is 1.03 bits per heavy atom. The third-order valence-corrected chi connectivity index (χ3v) is 6.01. The first-order valence-corrected chi connectivity index (χ1v) is 12.6. The molecule has 0 aromatic heterocycles. The van der Waals surface area contributed by atoms with E-state index in [1.165, 1.54) is 27.9 Å². The Morgan fingerprint density at radius 1 is 0.625 bits per heavy atom. The van der Waals surface area contributed by atoms with Crippen molar-refractivity contribution in [1.29, 1.82) is 0 Å². The maximum absolute atomic E-state index is 10.5. The third kappa shape index (κ3) is 17.2. The predicted molar refractivity (Wildman–Crippen MR) is 143 cm³/mol. The standard InChI is InChI=1S/C30H52O2/c1-24(2)14-11-18-27(6)20-12-19-26(5)16-9-10-17-28(7)21-22-29(31)30(8,32)23-13-15-25(3)4/h14-17,20,29,31-32H,9-13,18-19,21-23H2,1-8H3/b26-16+,27-20+,28-17+/t29-,30-/m0/s1. The van der Waals surface area contributed by atoms with Gasteiger partial charge in [0.05, 0.1) is 11.7 Å². The molecule has 0 heterocycles. The molecule has 0 aliphatic carbocycles. The van der Waals surface area contributed by atoms with Gasteiger partial charge in [0, 0.05) is 0 Å². The number of rotatable bonds is 16. The first-order chi connectivity index (χ1) is 14.9. The van der Waals surface area contributed by atoms with Gasteiger partial charge in [-0.25, -0.2) is 0 Å². The third-order valence-electron chi connectivity index (χ3n) is 6.01. The van der Waals surface area contributed by atoms with Crippen LogP contribution in [0, 0.1) is 0 Å². The molecule has 0 saturated heterocycles. The highest BCUT2D eigenvalue weighted by Gasteiger charge is 2.28. The van der Waals surface area contributed by atoms with Crippen LogP contribution >= 0.6 is 0 Å². The van der Waals surface area contributed by atoms with Gasteiger partial charge in [-0.05, 0) is 120 Å². The maximum Gasteiger partial charge on any atom is 0.0880 e. The molecule has 32 heavy (non-hydrogen) atoms. The number of hydrogen-bond acceptors (Lipinski definition) is 2. The first kappa shape index (κ1) is 30.6. The van der Waals surface area contributed by atoms with Crippen LogP contribution in [0.2, 0.25) is 0 Å². The Labute approximate surface area is 199 Å². The van der Waals surface area contributed by atoms with Crippen LogP contribution in [-0.4, -0.2) is 21.9 Å². The topological polar surface area (TPSA) is 40.5 Å². The van der Waals surface area contributed by atoms with Crippen LogP contribution in [0.1, 0.15) is 120 Å². The molecule has 0 unspecified atom stereocenters. The lowest BCUT2D eigenvalue weighted by atomic mass is 9.89. The highest BCUT2D eigenvalue weighted by Crippen LogP contribution is 2.23. The normalized spacial score (nSPS) is 15.9. The molecule has 0 bridgehead atoms. The van der Waals surface area contributed by atoms with Crippen molar-refractivity contribution < 1.29 is 10.2 Å². The van der Waals surface area contributed by atoms with Crippen LogP contribution in [0.5, 0.6) is 0 Å². The van der Waals surface area contributed by atoms with E-state index in [9.17, 15) is 10.2 Å². The van der Waals surface area contributed by atoms with Gasteiger partial charge >= 0.3 is 0 Å². The van der Waals surface area contributed by atoms with Crippen LogP contribution < -0.4 is 0 Å². The molecule has 0 aliphatic rings. The van der Waals surface area contributed by atoms with Gasteiger partial charge in [-0.3, -0.25) is 0 Å². The molecule has 2 nitrogen and oxygen atoms in total. The van der Waals surface area contributed by atoms with E-state index in [2.05, 4.69) is 78.8 Å². The fourth-order valence-corrected chi connectivity index (χ4v) is 3.60. The highest BCUT2D eigenvalue weighted by molar-refractivity contribution is 5.06. The van der Waals surface area contributed by atoms with E-state index in [4.69, 9.17) is 0 Å². The smallest absolute Gasteiger partial charge is 0.0880 e. The zero-order chi connectivity index (χ0) is 24.6. The lowest BCUT2D eigenvalue weighted by Crippen LogP contribution is -2.39. The Kier molecular flexibility index (Phi) is 16.4. The van der Waals surface area contributed by atoms with E-state index in [1.807, 2.05) is 0 Å². The summed E-state index contributed by atoms with van der Waals surface area (Å²) >= 11 is 0. The molecule has 2 N–H and O–H groups in total. The number of aliphatic hydroxyl groups is 2. The minimum Gasteiger partial charge on any atom is -0.390 e. The van der Waals surface area contributed by atoms with E-state index in [0.29, 0.717) is 12.8 Å². The molecule has 0 aliphatic heterocycles. The summed E-state index contributed by atoms with van der Waals surface area (Å²) in [5.41, 5.74) is 5.88. The lowest BCUT2D eigenvalue weighted by molar-refractivity contribution is -0.0691. The van der Waals surface area contributed by atoms with Gasteiger partial charge in [0.15, 0.2) is 0 Å². The van der Waals surface area contributed by atoms with E-state index in [1.54, 1.807) is 6.92 Å². The van der Waals surface area contributed by atoms with Crippen molar-refractivity contribution >= 4 is 0 Å². The fraction of sp³-hybridized carbons (Fsp3) is 0.667. The quantitative estimate of drug-likeness (QED) is 0.184. The second-order valence-electron chi connectivity index (χ2n) is 10.3. The number of hydrogen-bond donors (Lipinski definition) is 2. The van der Waals surface area contributed by atoms with E-state index in [-0.39, 0.29) is 0 Å². The molecule has 0 rings (SSSR count). The summed E-state index contributed by atoms with van der Waals surface area (Å²) in [6.45, 7) is 16.8. The van der Waals surface area contributed by atoms with E-state index in [0.717, 1.165) is 51.4 Å². The van der Waals surface area contributed by atoms with Gasteiger partial charge in [0.25, 0.3) is 0 Å². The highest BCUT2D eigenvalue weighted by atomic mass is 16.3. The largest absolute Gasteiger partial charge is 0.390 e. The molecule has 0 radical (unpaired) electrons. The fourth-order valence-electron chi connectivity index (χ4n) is 3.60. The summed E-state index contributed by atoms with van der Waals surface area (Å²) in [6.07, 6.45) is 20.3. The molecule has 184 valence electrons. The lowest BCUT2D eigenvalue weighted by Gasteiger charge is -2.29. The summed E-state index contributed by atoms with van der Waals surface area (Å²) < 4.78 is 0. The zero-order valence-corrected chi connectivity index (χ0v) is 22.4. The Bertz CT molecular complexity index is 663. The van der Waals surface area contributed by atoms with Crippen molar-refractivity contribution in [2.45, 2.75) is 131 Å². The molecule has 0 spiro atoms. The summed E-state index contributed by atoms with van der Waals surface area (Å²) in [5, 5.41) is 21.0. The van der Waals surface area contributed by atoms with Crippen LogP contribution in [0.3, 0.4) is 0 Å². The maximum atomic E-state index is 10.5. The summed E-state index contributed by atoms with van der Waals surface area (Å²) in [5.74, 6) is 0. The van der Waals surface area contributed by atoms with Crippen molar-refractivity contribution in [1.82, 2.24) is 0 Å². The SMILES string of the molecule is CC(C)=CCC/C(C)=C/CC/C(C)=C/CC/C=C(\C)CC[C@H](O)[C@@](C)(O)CCC=C(C)C. The molecular formula is C30H52O2.